The van der Waals surface area contributed by atoms with Crippen LogP contribution in [0.1, 0.15) is 15.9 Å². The molecule has 0 aliphatic heterocycles. The van der Waals surface area contributed by atoms with Crippen LogP contribution in [0, 0.1) is 6.92 Å². The minimum Gasteiger partial charge on any atom is -0.389 e. The van der Waals surface area contributed by atoms with Gasteiger partial charge in [0.15, 0.2) is 0 Å². The van der Waals surface area contributed by atoms with Crippen LogP contribution in [0.5, 0.6) is 0 Å². The summed E-state index contributed by atoms with van der Waals surface area (Å²) in [5.74, 6) is 0. The fourth-order valence-corrected chi connectivity index (χ4v) is 2.16. The molecule has 1 aromatic rings. The van der Waals surface area contributed by atoms with Crippen molar-refractivity contribution < 1.29 is 10.2 Å². The summed E-state index contributed by atoms with van der Waals surface area (Å²) in [6, 6.07) is 3.78. The maximum Gasteiger partial charge on any atom is 0.115 e. The Morgan fingerprint density at radius 2 is 2.17 bits per heavy atom. The predicted molar refractivity (Wildman–Crippen MR) is 53.8 cm³/mol. The molecule has 0 radical (unpaired) electrons. The fourth-order valence-electron chi connectivity index (χ4n) is 0.886. The van der Waals surface area contributed by atoms with Crippen LogP contribution in [0.15, 0.2) is 12.1 Å². The van der Waals surface area contributed by atoms with Gasteiger partial charge in [-0.25, -0.2) is 0 Å². The maximum absolute atomic E-state index is 9.53. The minimum atomic E-state index is -0.761. The highest BCUT2D eigenvalue weighted by Crippen LogP contribution is 2.25. The molecule has 1 aromatic heterocycles. The lowest BCUT2D eigenvalue weighted by atomic mass is 10.2. The standard InChI is InChI=1S/C8H11BrO2S/c1-5-2-3-7(12-5)8(11)6(10)4-9/h2-3,6,8,10-11H,4H2,1H3. The lowest BCUT2D eigenvalue weighted by Gasteiger charge is -2.12. The summed E-state index contributed by atoms with van der Waals surface area (Å²) in [5, 5.41) is 19.2. The van der Waals surface area contributed by atoms with Crippen LogP contribution in [-0.2, 0) is 0 Å². The average Bonchev–Trinajstić information content (AvgIpc) is 2.49. The summed E-state index contributed by atoms with van der Waals surface area (Å²) in [4.78, 5) is 1.96. The molecular weight excluding hydrogens is 240 g/mol. The Bertz CT molecular complexity index is 249. The van der Waals surface area contributed by atoms with Gasteiger partial charge in [0, 0.05) is 15.1 Å². The summed E-state index contributed by atoms with van der Waals surface area (Å²) >= 11 is 4.62. The molecule has 2 atom stereocenters. The van der Waals surface area contributed by atoms with Crippen molar-refractivity contribution in [3.8, 4) is 0 Å². The highest BCUT2D eigenvalue weighted by atomic mass is 79.9. The first-order valence-corrected chi connectivity index (χ1v) is 5.57. The van der Waals surface area contributed by atoms with Crippen molar-refractivity contribution in [2.45, 2.75) is 19.1 Å². The van der Waals surface area contributed by atoms with Gasteiger partial charge < -0.3 is 10.2 Å². The van der Waals surface area contributed by atoms with Gasteiger partial charge in [-0.05, 0) is 19.1 Å². The first kappa shape index (κ1) is 10.2. The second-order valence-electron chi connectivity index (χ2n) is 2.61. The number of halogens is 1. The van der Waals surface area contributed by atoms with E-state index in [-0.39, 0.29) is 0 Å². The molecule has 68 valence electrons. The molecule has 1 heterocycles. The van der Waals surface area contributed by atoms with Gasteiger partial charge in [0.05, 0.1) is 6.10 Å². The second-order valence-corrected chi connectivity index (χ2v) is 4.58. The lowest BCUT2D eigenvalue weighted by Crippen LogP contribution is -2.18. The SMILES string of the molecule is Cc1ccc(C(O)C(O)CBr)s1. The first-order valence-electron chi connectivity index (χ1n) is 3.63. The Hall–Kier alpha value is 0.1000. The van der Waals surface area contributed by atoms with E-state index in [9.17, 15) is 10.2 Å². The number of hydrogen-bond acceptors (Lipinski definition) is 3. The average molecular weight is 251 g/mol. The maximum atomic E-state index is 9.53. The van der Waals surface area contributed by atoms with Crippen molar-refractivity contribution in [2.75, 3.05) is 5.33 Å². The van der Waals surface area contributed by atoms with Gasteiger partial charge in [-0.15, -0.1) is 11.3 Å². The van der Waals surface area contributed by atoms with Gasteiger partial charge in [0.25, 0.3) is 0 Å². The Balaban J connectivity index is 2.70. The zero-order chi connectivity index (χ0) is 9.14. The molecule has 0 aliphatic rings. The molecule has 0 aliphatic carbocycles. The Kier molecular flexibility index (Phi) is 3.71. The molecule has 0 bridgehead atoms. The highest BCUT2D eigenvalue weighted by Gasteiger charge is 2.18. The van der Waals surface area contributed by atoms with E-state index < -0.39 is 12.2 Å². The number of aryl methyl sites for hydroxylation is 1. The molecule has 12 heavy (non-hydrogen) atoms. The van der Waals surface area contributed by atoms with E-state index in [1.54, 1.807) is 0 Å². The molecular formula is C8H11BrO2S. The number of aliphatic hydroxyl groups excluding tert-OH is 2. The van der Waals surface area contributed by atoms with E-state index in [1.807, 2.05) is 19.1 Å². The fraction of sp³-hybridized carbons (Fsp3) is 0.500. The summed E-state index contributed by atoms with van der Waals surface area (Å²) in [5.41, 5.74) is 0. The zero-order valence-corrected chi connectivity index (χ0v) is 9.10. The highest BCUT2D eigenvalue weighted by molar-refractivity contribution is 9.09. The Morgan fingerprint density at radius 1 is 1.50 bits per heavy atom. The summed E-state index contributed by atoms with van der Waals surface area (Å²) < 4.78 is 0. The third-order valence-corrected chi connectivity index (χ3v) is 3.31. The van der Waals surface area contributed by atoms with Gasteiger partial charge in [-0.1, -0.05) is 15.9 Å². The van der Waals surface area contributed by atoms with Crippen LogP contribution in [0.2, 0.25) is 0 Å². The number of aliphatic hydroxyl groups is 2. The molecule has 0 spiro atoms. The molecule has 0 saturated carbocycles. The minimum absolute atomic E-state index is 0.394. The third-order valence-electron chi connectivity index (χ3n) is 1.58. The van der Waals surface area contributed by atoms with Gasteiger partial charge in [-0.3, -0.25) is 0 Å². The normalized spacial score (nSPS) is 16.0. The van der Waals surface area contributed by atoms with E-state index in [4.69, 9.17) is 0 Å². The van der Waals surface area contributed by atoms with E-state index in [2.05, 4.69) is 15.9 Å². The quantitative estimate of drug-likeness (QED) is 0.805. The summed E-state index contributed by atoms with van der Waals surface area (Å²) in [6.07, 6.45) is -1.48. The molecule has 1 rings (SSSR count). The molecule has 0 amide bonds. The molecule has 2 unspecified atom stereocenters. The van der Waals surface area contributed by atoms with Gasteiger partial charge in [0.2, 0.25) is 0 Å². The third kappa shape index (κ3) is 2.29. The van der Waals surface area contributed by atoms with Crippen molar-refractivity contribution >= 4 is 27.3 Å². The number of rotatable bonds is 3. The van der Waals surface area contributed by atoms with Gasteiger partial charge in [0.1, 0.15) is 6.10 Å². The topological polar surface area (TPSA) is 40.5 Å². The van der Waals surface area contributed by atoms with E-state index in [0.29, 0.717) is 5.33 Å². The number of hydrogen-bond donors (Lipinski definition) is 2. The van der Waals surface area contributed by atoms with E-state index in [0.717, 1.165) is 9.75 Å². The lowest BCUT2D eigenvalue weighted by molar-refractivity contribution is 0.0366. The molecule has 2 N–H and O–H groups in total. The first-order chi connectivity index (χ1) is 5.65. The second kappa shape index (κ2) is 4.37. The largest absolute Gasteiger partial charge is 0.389 e. The molecule has 0 saturated heterocycles. The number of alkyl halides is 1. The van der Waals surface area contributed by atoms with Gasteiger partial charge >= 0.3 is 0 Å². The molecule has 4 heteroatoms. The van der Waals surface area contributed by atoms with E-state index >= 15 is 0 Å². The molecule has 0 aromatic carbocycles. The Labute approximate surface area is 84.0 Å². The monoisotopic (exact) mass is 250 g/mol. The van der Waals surface area contributed by atoms with Crippen molar-refractivity contribution in [3.63, 3.8) is 0 Å². The predicted octanol–water partition coefficient (Wildman–Crippen LogP) is 1.85. The van der Waals surface area contributed by atoms with Crippen LogP contribution in [-0.4, -0.2) is 21.6 Å². The van der Waals surface area contributed by atoms with E-state index in [1.165, 1.54) is 11.3 Å². The molecule has 2 nitrogen and oxygen atoms in total. The van der Waals surface area contributed by atoms with Crippen LogP contribution >= 0.6 is 27.3 Å². The van der Waals surface area contributed by atoms with Crippen LogP contribution < -0.4 is 0 Å². The summed E-state index contributed by atoms with van der Waals surface area (Å²) in [6.45, 7) is 1.97. The molecule has 0 fully saturated rings. The van der Waals surface area contributed by atoms with Gasteiger partial charge in [-0.2, -0.15) is 0 Å². The smallest absolute Gasteiger partial charge is 0.115 e. The number of thiophene rings is 1. The van der Waals surface area contributed by atoms with Crippen molar-refractivity contribution in [3.05, 3.63) is 21.9 Å². The zero-order valence-electron chi connectivity index (χ0n) is 6.70. The summed E-state index contributed by atoms with van der Waals surface area (Å²) in [7, 11) is 0. The Morgan fingerprint density at radius 3 is 2.58 bits per heavy atom. The van der Waals surface area contributed by atoms with Crippen LogP contribution in [0.3, 0.4) is 0 Å². The van der Waals surface area contributed by atoms with Crippen LogP contribution in [0.4, 0.5) is 0 Å². The van der Waals surface area contributed by atoms with Crippen molar-refractivity contribution in [2.24, 2.45) is 0 Å². The van der Waals surface area contributed by atoms with Crippen LogP contribution in [0.25, 0.3) is 0 Å². The van der Waals surface area contributed by atoms with Crippen molar-refractivity contribution in [1.82, 2.24) is 0 Å². The van der Waals surface area contributed by atoms with Crippen molar-refractivity contribution in [1.29, 1.82) is 0 Å².